The minimum Gasteiger partial charge on any atom is -0.492 e. The molecule has 2 atom stereocenters. The Balaban J connectivity index is 1.52. The zero-order chi connectivity index (χ0) is 19.4. The van der Waals surface area contributed by atoms with Crippen LogP contribution in [-0.2, 0) is 9.53 Å². The second-order valence-corrected chi connectivity index (χ2v) is 7.92. The smallest absolute Gasteiger partial charge is 0.248 e. The van der Waals surface area contributed by atoms with Gasteiger partial charge in [0.2, 0.25) is 5.91 Å². The molecule has 0 aliphatic carbocycles. The number of benzene rings is 1. The summed E-state index contributed by atoms with van der Waals surface area (Å²) in [5, 5.41) is 11.0. The molecule has 0 unspecified atom stereocenters. The van der Waals surface area contributed by atoms with E-state index >= 15 is 0 Å². The molecule has 0 radical (unpaired) electrons. The number of piperidine rings is 2. The maximum Gasteiger partial charge on any atom is 0.248 e. The first-order valence-corrected chi connectivity index (χ1v) is 9.83. The van der Waals surface area contributed by atoms with Gasteiger partial charge in [-0.25, -0.2) is 0 Å². The number of aliphatic hydroxyl groups is 1. The molecule has 2 aliphatic rings. The first-order valence-electron chi connectivity index (χ1n) is 9.83. The van der Waals surface area contributed by atoms with Gasteiger partial charge in [0.05, 0.1) is 5.60 Å². The molecule has 1 amide bonds. The SMILES string of the molecule is COCC(=O)N1CC[C@]2(O)CCN(CCOc3cccc(C)c3C)C[C@H]2C1. The normalized spacial score (nSPS) is 25.9. The first-order chi connectivity index (χ1) is 12.9. The van der Waals surface area contributed by atoms with E-state index in [0.29, 0.717) is 26.1 Å². The van der Waals surface area contributed by atoms with Crippen molar-refractivity contribution in [1.29, 1.82) is 0 Å². The van der Waals surface area contributed by atoms with E-state index in [1.807, 2.05) is 17.0 Å². The first kappa shape index (κ1) is 20.1. The Morgan fingerprint density at radius 2 is 2.04 bits per heavy atom. The number of hydrogen-bond donors (Lipinski definition) is 1. The Morgan fingerprint density at radius 3 is 2.81 bits per heavy atom. The molecular formula is C21H32N2O4. The van der Waals surface area contributed by atoms with Gasteiger partial charge >= 0.3 is 0 Å². The number of ether oxygens (including phenoxy) is 2. The number of carbonyl (C=O) groups is 1. The average molecular weight is 376 g/mol. The monoisotopic (exact) mass is 376 g/mol. The quantitative estimate of drug-likeness (QED) is 0.817. The maximum atomic E-state index is 12.1. The Bertz CT molecular complexity index is 666. The van der Waals surface area contributed by atoms with Crippen molar-refractivity contribution in [3.8, 4) is 5.75 Å². The Kier molecular flexibility index (Phi) is 6.40. The maximum absolute atomic E-state index is 12.1. The molecule has 2 saturated heterocycles. The molecule has 2 fully saturated rings. The molecule has 6 nitrogen and oxygen atoms in total. The van der Waals surface area contributed by atoms with Gasteiger partial charge in [-0.1, -0.05) is 12.1 Å². The van der Waals surface area contributed by atoms with Crippen LogP contribution >= 0.6 is 0 Å². The minimum atomic E-state index is -0.645. The number of rotatable bonds is 6. The van der Waals surface area contributed by atoms with E-state index in [0.717, 1.165) is 31.8 Å². The lowest BCUT2D eigenvalue weighted by Crippen LogP contribution is -2.61. The van der Waals surface area contributed by atoms with Crippen LogP contribution in [0.25, 0.3) is 0 Å². The molecule has 0 spiro atoms. The van der Waals surface area contributed by atoms with Crippen LogP contribution in [0.15, 0.2) is 18.2 Å². The molecule has 2 heterocycles. The van der Waals surface area contributed by atoms with Gasteiger partial charge in [0, 0.05) is 45.8 Å². The Labute approximate surface area is 162 Å². The molecule has 27 heavy (non-hydrogen) atoms. The lowest BCUT2D eigenvalue weighted by Gasteiger charge is -2.50. The number of amides is 1. The number of likely N-dealkylation sites (tertiary alicyclic amines) is 2. The molecule has 2 aliphatic heterocycles. The van der Waals surface area contributed by atoms with Crippen molar-refractivity contribution in [3.63, 3.8) is 0 Å². The van der Waals surface area contributed by atoms with Crippen LogP contribution in [0.4, 0.5) is 0 Å². The highest BCUT2D eigenvalue weighted by Gasteiger charge is 2.45. The van der Waals surface area contributed by atoms with E-state index in [9.17, 15) is 9.90 Å². The van der Waals surface area contributed by atoms with Gasteiger partial charge in [-0.05, 0) is 43.9 Å². The largest absolute Gasteiger partial charge is 0.492 e. The summed E-state index contributed by atoms with van der Waals surface area (Å²) in [6.45, 7) is 8.62. The van der Waals surface area contributed by atoms with E-state index in [1.165, 1.54) is 18.2 Å². The molecule has 6 heteroatoms. The molecule has 0 saturated carbocycles. The van der Waals surface area contributed by atoms with Crippen LogP contribution < -0.4 is 4.74 Å². The number of methoxy groups -OCH3 is 1. The van der Waals surface area contributed by atoms with Gasteiger partial charge in [-0.2, -0.15) is 0 Å². The summed E-state index contributed by atoms with van der Waals surface area (Å²) in [5.41, 5.74) is 1.78. The van der Waals surface area contributed by atoms with Crippen molar-refractivity contribution in [2.45, 2.75) is 32.3 Å². The Hall–Kier alpha value is -1.63. The second-order valence-electron chi connectivity index (χ2n) is 7.92. The van der Waals surface area contributed by atoms with Gasteiger partial charge in [-0.15, -0.1) is 0 Å². The van der Waals surface area contributed by atoms with Gasteiger partial charge in [0.15, 0.2) is 0 Å². The third kappa shape index (κ3) is 4.62. The van der Waals surface area contributed by atoms with E-state index in [-0.39, 0.29) is 18.4 Å². The third-order valence-electron chi connectivity index (χ3n) is 6.20. The minimum absolute atomic E-state index is 0.00919. The van der Waals surface area contributed by atoms with E-state index in [4.69, 9.17) is 9.47 Å². The highest BCUT2D eigenvalue weighted by molar-refractivity contribution is 5.77. The van der Waals surface area contributed by atoms with Crippen molar-refractivity contribution in [3.05, 3.63) is 29.3 Å². The van der Waals surface area contributed by atoms with Crippen LogP contribution in [0.2, 0.25) is 0 Å². The molecule has 0 bridgehead atoms. The summed E-state index contributed by atoms with van der Waals surface area (Å²) in [4.78, 5) is 16.3. The van der Waals surface area contributed by atoms with Crippen molar-refractivity contribution in [2.75, 3.05) is 53.0 Å². The zero-order valence-corrected chi connectivity index (χ0v) is 16.7. The number of fused-ring (bicyclic) bond motifs is 1. The lowest BCUT2D eigenvalue weighted by atomic mass is 9.75. The number of carbonyl (C=O) groups excluding carboxylic acids is 1. The van der Waals surface area contributed by atoms with E-state index in [2.05, 4.69) is 24.8 Å². The average Bonchev–Trinajstić information content (AvgIpc) is 2.65. The summed E-state index contributed by atoms with van der Waals surface area (Å²) >= 11 is 0. The van der Waals surface area contributed by atoms with Crippen molar-refractivity contribution in [2.24, 2.45) is 5.92 Å². The van der Waals surface area contributed by atoms with Gasteiger partial charge in [0.25, 0.3) is 0 Å². The van der Waals surface area contributed by atoms with Crippen LogP contribution in [0.3, 0.4) is 0 Å². The van der Waals surface area contributed by atoms with Crippen LogP contribution in [0, 0.1) is 19.8 Å². The summed E-state index contributed by atoms with van der Waals surface area (Å²) in [6.07, 6.45) is 1.41. The molecule has 1 aromatic carbocycles. The topological polar surface area (TPSA) is 62.2 Å². The van der Waals surface area contributed by atoms with Gasteiger partial charge < -0.3 is 19.5 Å². The summed E-state index contributed by atoms with van der Waals surface area (Å²) in [5.74, 6) is 1.04. The predicted molar refractivity (Wildman–Crippen MR) is 104 cm³/mol. The van der Waals surface area contributed by atoms with Crippen molar-refractivity contribution >= 4 is 5.91 Å². The molecule has 1 aromatic rings. The van der Waals surface area contributed by atoms with Gasteiger partial charge in [-0.3, -0.25) is 9.69 Å². The molecule has 3 rings (SSSR count). The molecular weight excluding hydrogens is 344 g/mol. The van der Waals surface area contributed by atoms with Crippen LogP contribution in [-0.4, -0.2) is 79.5 Å². The van der Waals surface area contributed by atoms with Crippen LogP contribution in [0.5, 0.6) is 5.75 Å². The van der Waals surface area contributed by atoms with E-state index in [1.54, 1.807) is 0 Å². The van der Waals surface area contributed by atoms with Crippen LogP contribution in [0.1, 0.15) is 24.0 Å². The van der Waals surface area contributed by atoms with E-state index < -0.39 is 5.60 Å². The van der Waals surface area contributed by atoms with Crippen molar-refractivity contribution < 1.29 is 19.4 Å². The molecule has 1 N–H and O–H groups in total. The predicted octanol–water partition coefficient (Wildman–Crippen LogP) is 1.61. The number of nitrogens with zero attached hydrogens (tertiary/aromatic N) is 2. The number of aryl methyl sites for hydroxylation is 1. The highest BCUT2D eigenvalue weighted by Crippen LogP contribution is 2.35. The molecule has 0 aromatic heterocycles. The Morgan fingerprint density at radius 1 is 1.26 bits per heavy atom. The molecule has 150 valence electrons. The summed E-state index contributed by atoms with van der Waals surface area (Å²) < 4.78 is 11.0. The summed E-state index contributed by atoms with van der Waals surface area (Å²) in [6, 6.07) is 6.12. The fourth-order valence-electron chi connectivity index (χ4n) is 4.18. The lowest BCUT2D eigenvalue weighted by molar-refractivity contribution is -0.150. The standard InChI is InChI=1S/C21H32N2O4/c1-16-5-4-6-19(17(16)2)27-12-11-22-9-7-21(25)8-10-23(14-18(21)13-22)20(24)15-26-3/h4-6,18,25H,7-15H2,1-3H3/t18-,21+/m0/s1. The second kappa shape index (κ2) is 8.59. The van der Waals surface area contributed by atoms with Gasteiger partial charge in [0.1, 0.15) is 19.0 Å². The fraction of sp³-hybridized carbons (Fsp3) is 0.667. The summed E-state index contributed by atoms with van der Waals surface area (Å²) in [7, 11) is 1.54. The zero-order valence-electron chi connectivity index (χ0n) is 16.7. The highest BCUT2D eigenvalue weighted by atomic mass is 16.5. The third-order valence-corrected chi connectivity index (χ3v) is 6.20. The van der Waals surface area contributed by atoms with Crippen molar-refractivity contribution in [1.82, 2.24) is 9.80 Å². The number of hydrogen-bond acceptors (Lipinski definition) is 5. The fourth-order valence-corrected chi connectivity index (χ4v) is 4.18.